The highest BCUT2D eigenvalue weighted by atomic mass is 79.9. The van der Waals surface area contributed by atoms with Crippen LogP contribution in [0.4, 0.5) is 0 Å². The standard InChI is InChI=1S/C8H6BrN3OS/c1-12-7(5(9)2-11-12)8(13)6-3-14-4-10-6/h2-4H,1H3. The maximum absolute atomic E-state index is 11.9. The lowest BCUT2D eigenvalue weighted by atomic mass is 10.2. The van der Waals surface area contributed by atoms with Crippen LogP contribution in [0.5, 0.6) is 0 Å². The van der Waals surface area contributed by atoms with E-state index in [9.17, 15) is 4.79 Å². The summed E-state index contributed by atoms with van der Waals surface area (Å²) in [7, 11) is 1.73. The highest BCUT2D eigenvalue weighted by Gasteiger charge is 2.18. The first-order valence-electron chi connectivity index (χ1n) is 3.80. The summed E-state index contributed by atoms with van der Waals surface area (Å²) in [5.74, 6) is -0.113. The summed E-state index contributed by atoms with van der Waals surface area (Å²) in [6.07, 6.45) is 1.60. The van der Waals surface area contributed by atoms with E-state index in [1.165, 1.54) is 16.0 Å². The number of aryl methyl sites for hydroxylation is 1. The molecule has 0 aliphatic heterocycles. The normalized spacial score (nSPS) is 10.4. The van der Waals surface area contributed by atoms with Crippen LogP contribution in [0.3, 0.4) is 0 Å². The molecule has 0 atom stereocenters. The van der Waals surface area contributed by atoms with E-state index in [2.05, 4.69) is 26.0 Å². The van der Waals surface area contributed by atoms with Gasteiger partial charge in [-0.3, -0.25) is 9.48 Å². The smallest absolute Gasteiger partial charge is 0.231 e. The van der Waals surface area contributed by atoms with Gasteiger partial charge in [0, 0.05) is 12.4 Å². The summed E-state index contributed by atoms with van der Waals surface area (Å²) in [4.78, 5) is 15.8. The van der Waals surface area contributed by atoms with E-state index in [4.69, 9.17) is 0 Å². The predicted molar refractivity (Wildman–Crippen MR) is 56.5 cm³/mol. The van der Waals surface area contributed by atoms with E-state index in [-0.39, 0.29) is 5.78 Å². The fraction of sp³-hybridized carbons (Fsp3) is 0.125. The van der Waals surface area contributed by atoms with Crippen LogP contribution in [0.15, 0.2) is 21.6 Å². The van der Waals surface area contributed by atoms with E-state index in [0.29, 0.717) is 15.9 Å². The molecule has 0 spiro atoms. The van der Waals surface area contributed by atoms with E-state index >= 15 is 0 Å². The summed E-state index contributed by atoms with van der Waals surface area (Å²) in [6, 6.07) is 0. The maximum Gasteiger partial charge on any atom is 0.231 e. The zero-order valence-electron chi connectivity index (χ0n) is 7.27. The van der Waals surface area contributed by atoms with Crippen molar-refractivity contribution in [2.75, 3.05) is 0 Å². The second-order valence-electron chi connectivity index (χ2n) is 2.67. The van der Waals surface area contributed by atoms with Gasteiger partial charge in [-0.1, -0.05) is 0 Å². The zero-order chi connectivity index (χ0) is 10.1. The van der Waals surface area contributed by atoms with Crippen molar-refractivity contribution in [1.82, 2.24) is 14.8 Å². The Hall–Kier alpha value is -1.01. The lowest BCUT2D eigenvalue weighted by Crippen LogP contribution is -2.09. The molecule has 0 saturated heterocycles. The molecule has 0 fully saturated rings. The quantitative estimate of drug-likeness (QED) is 0.784. The second kappa shape index (κ2) is 3.62. The number of nitrogens with zero attached hydrogens (tertiary/aromatic N) is 3. The molecular formula is C8H6BrN3OS. The van der Waals surface area contributed by atoms with Gasteiger partial charge in [0.25, 0.3) is 0 Å². The molecule has 2 rings (SSSR count). The van der Waals surface area contributed by atoms with Crippen LogP contribution in [0.1, 0.15) is 16.2 Å². The number of thiazole rings is 1. The Morgan fingerprint density at radius 1 is 1.64 bits per heavy atom. The predicted octanol–water partition coefficient (Wildman–Crippen LogP) is 1.87. The molecule has 2 aromatic rings. The van der Waals surface area contributed by atoms with Crippen molar-refractivity contribution in [1.29, 1.82) is 0 Å². The molecule has 0 amide bonds. The molecule has 6 heteroatoms. The molecule has 0 radical (unpaired) electrons. The minimum Gasteiger partial charge on any atom is -0.285 e. The molecule has 14 heavy (non-hydrogen) atoms. The summed E-state index contributed by atoms with van der Waals surface area (Å²) in [5.41, 5.74) is 2.62. The average Bonchev–Trinajstić information content (AvgIpc) is 2.75. The van der Waals surface area contributed by atoms with Crippen molar-refractivity contribution in [3.8, 4) is 0 Å². The molecule has 0 bridgehead atoms. The van der Waals surface area contributed by atoms with Crippen LogP contribution >= 0.6 is 27.3 Å². The first-order valence-corrected chi connectivity index (χ1v) is 5.54. The highest BCUT2D eigenvalue weighted by molar-refractivity contribution is 9.10. The summed E-state index contributed by atoms with van der Waals surface area (Å²) < 4.78 is 2.23. The summed E-state index contributed by atoms with van der Waals surface area (Å²) in [5, 5.41) is 5.70. The van der Waals surface area contributed by atoms with E-state index < -0.39 is 0 Å². The summed E-state index contributed by atoms with van der Waals surface area (Å²) in [6.45, 7) is 0. The van der Waals surface area contributed by atoms with Gasteiger partial charge < -0.3 is 0 Å². The number of carbonyl (C=O) groups excluding carboxylic acids is 1. The molecule has 0 saturated carbocycles. The number of ketones is 1. The zero-order valence-corrected chi connectivity index (χ0v) is 9.67. The molecule has 0 N–H and O–H groups in total. The first-order chi connectivity index (χ1) is 6.70. The van der Waals surface area contributed by atoms with Gasteiger partial charge in [-0.2, -0.15) is 5.10 Å². The molecule has 72 valence electrons. The maximum atomic E-state index is 11.9. The SMILES string of the molecule is Cn1ncc(Br)c1C(=O)c1cscn1. The van der Waals surface area contributed by atoms with Crippen molar-refractivity contribution >= 4 is 33.0 Å². The van der Waals surface area contributed by atoms with Crippen LogP contribution in [-0.2, 0) is 7.05 Å². The number of hydrogen-bond donors (Lipinski definition) is 0. The molecular weight excluding hydrogens is 266 g/mol. The molecule has 0 aromatic carbocycles. The molecule has 0 unspecified atom stereocenters. The Morgan fingerprint density at radius 2 is 2.43 bits per heavy atom. The number of hydrogen-bond acceptors (Lipinski definition) is 4. The van der Waals surface area contributed by atoms with Gasteiger partial charge in [0.2, 0.25) is 5.78 Å². The van der Waals surface area contributed by atoms with E-state index in [0.717, 1.165) is 0 Å². The van der Waals surface area contributed by atoms with Gasteiger partial charge in [-0.15, -0.1) is 11.3 Å². The van der Waals surface area contributed by atoms with Gasteiger partial charge in [0.1, 0.15) is 11.4 Å². The number of halogens is 1. The fourth-order valence-electron chi connectivity index (χ4n) is 1.11. The average molecular weight is 272 g/mol. The minimum atomic E-state index is -0.113. The Kier molecular flexibility index (Phi) is 2.47. The van der Waals surface area contributed by atoms with Crippen LogP contribution in [0, 0.1) is 0 Å². The van der Waals surface area contributed by atoms with Crippen LogP contribution < -0.4 is 0 Å². The fourth-order valence-corrected chi connectivity index (χ4v) is 2.17. The highest BCUT2D eigenvalue weighted by Crippen LogP contribution is 2.18. The van der Waals surface area contributed by atoms with E-state index in [1.807, 2.05) is 0 Å². The van der Waals surface area contributed by atoms with Crippen molar-refractivity contribution in [3.63, 3.8) is 0 Å². The Balaban J connectivity index is 2.46. The second-order valence-corrected chi connectivity index (χ2v) is 4.24. The number of rotatable bonds is 2. The van der Waals surface area contributed by atoms with Gasteiger partial charge in [-0.25, -0.2) is 4.98 Å². The number of aromatic nitrogens is 3. The third kappa shape index (κ3) is 1.51. The Bertz CT molecular complexity index is 443. The van der Waals surface area contributed by atoms with Crippen LogP contribution in [-0.4, -0.2) is 20.5 Å². The monoisotopic (exact) mass is 271 g/mol. The van der Waals surface area contributed by atoms with Crippen molar-refractivity contribution in [3.05, 3.63) is 32.9 Å². The molecule has 0 aliphatic carbocycles. The molecule has 0 aliphatic rings. The molecule has 2 aromatic heterocycles. The molecule has 4 nitrogen and oxygen atoms in total. The number of carbonyl (C=O) groups is 1. The third-order valence-electron chi connectivity index (χ3n) is 1.77. The molecule has 2 heterocycles. The van der Waals surface area contributed by atoms with Crippen molar-refractivity contribution in [2.45, 2.75) is 0 Å². The minimum absolute atomic E-state index is 0.113. The largest absolute Gasteiger partial charge is 0.285 e. The lowest BCUT2D eigenvalue weighted by Gasteiger charge is -1.98. The van der Waals surface area contributed by atoms with Crippen molar-refractivity contribution in [2.24, 2.45) is 7.05 Å². The topological polar surface area (TPSA) is 47.8 Å². The van der Waals surface area contributed by atoms with Crippen LogP contribution in [0.2, 0.25) is 0 Å². The van der Waals surface area contributed by atoms with Gasteiger partial charge >= 0.3 is 0 Å². The van der Waals surface area contributed by atoms with Gasteiger partial charge in [-0.05, 0) is 15.9 Å². The Labute approximate surface area is 92.7 Å². The summed E-state index contributed by atoms with van der Waals surface area (Å²) >= 11 is 4.67. The van der Waals surface area contributed by atoms with Crippen molar-refractivity contribution < 1.29 is 4.79 Å². The van der Waals surface area contributed by atoms with E-state index in [1.54, 1.807) is 24.1 Å². The van der Waals surface area contributed by atoms with Gasteiger partial charge in [0.05, 0.1) is 16.2 Å². The first kappa shape index (κ1) is 9.54. The van der Waals surface area contributed by atoms with Gasteiger partial charge in [0.15, 0.2) is 0 Å². The lowest BCUT2D eigenvalue weighted by molar-refractivity contribution is 0.102. The Morgan fingerprint density at radius 3 is 2.93 bits per heavy atom. The van der Waals surface area contributed by atoms with Crippen LogP contribution in [0.25, 0.3) is 0 Å². The third-order valence-corrected chi connectivity index (χ3v) is 2.94.